The summed E-state index contributed by atoms with van der Waals surface area (Å²) in [5.74, 6) is 0.192. The Hall–Kier alpha value is -1.07. The van der Waals surface area contributed by atoms with Gasteiger partial charge >= 0.3 is 0 Å². The lowest BCUT2D eigenvalue weighted by Crippen LogP contribution is -2.11. The summed E-state index contributed by atoms with van der Waals surface area (Å²) in [7, 11) is -1.50. The number of ether oxygens (including phenoxy) is 1. The van der Waals surface area contributed by atoms with Gasteiger partial charge in [-0.15, -0.1) is 0 Å². The number of nitrogen functional groups attached to an aromatic ring is 1. The summed E-state index contributed by atoms with van der Waals surface area (Å²) in [6.45, 7) is 0.468. The van der Waals surface area contributed by atoms with Crippen LogP contribution >= 0.6 is 0 Å². The quantitative estimate of drug-likeness (QED) is 0.602. The number of rotatable bonds is 6. The number of methoxy groups -OCH3 is 1. The standard InChI is InChI=1S/C11H17NO3S/c1-15-6-3-7-16(13,14)9-10-4-2-5-11(12)8-10/h2,4-5,8H,3,6-7,9,12H2,1H3. The van der Waals surface area contributed by atoms with E-state index < -0.39 is 9.84 Å². The molecule has 0 aliphatic rings. The van der Waals surface area contributed by atoms with Crippen LogP contribution in [0.15, 0.2) is 24.3 Å². The molecule has 1 aromatic rings. The number of anilines is 1. The molecule has 0 heterocycles. The van der Waals surface area contributed by atoms with Crippen LogP contribution in [0.4, 0.5) is 5.69 Å². The normalized spacial score (nSPS) is 11.6. The third-order valence-electron chi connectivity index (χ3n) is 2.14. The average molecular weight is 243 g/mol. The summed E-state index contributed by atoms with van der Waals surface area (Å²) in [6.07, 6.45) is 0.529. The van der Waals surface area contributed by atoms with Gasteiger partial charge in [0.25, 0.3) is 0 Å². The lowest BCUT2D eigenvalue weighted by molar-refractivity contribution is 0.199. The van der Waals surface area contributed by atoms with Gasteiger partial charge in [-0.1, -0.05) is 12.1 Å². The van der Waals surface area contributed by atoms with E-state index in [1.54, 1.807) is 31.4 Å². The maximum atomic E-state index is 11.7. The predicted octanol–water partition coefficient (Wildman–Crippen LogP) is 1.22. The molecule has 0 unspecified atom stereocenters. The summed E-state index contributed by atoms with van der Waals surface area (Å²) in [5, 5.41) is 0. The van der Waals surface area contributed by atoms with Gasteiger partial charge in [-0.2, -0.15) is 0 Å². The first-order valence-corrected chi connectivity index (χ1v) is 6.89. The fourth-order valence-corrected chi connectivity index (χ4v) is 2.82. The van der Waals surface area contributed by atoms with Gasteiger partial charge in [0.1, 0.15) is 0 Å². The molecule has 0 aliphatic heterocycles. The first-order valence-electron chi connectivity index (χ1n) is 5.07. The van der Waals surface area contributed by atoms with Crippen LogP contribution in [-0.4, -0.2) is 27.9 Å². The maximum absolute atomic E-state index is 11.7. The van der Waals surface area contributed by atoms with Crippen molar-refractivity contribution < 1.29 is 13.2 Å². The molecule has 0 saturated carbocycles. The van der Waals surface area contributed by atoms with Crippen LogP contribution in [0.3, 0.4) is 0 Å². The number of hydrogen-bond acceptors (Lipinski definition) is 4. The molecule has 5 heteroatoms. The van der Waals surface area contributed by atoms with E-state index in [9.17, 15) is 8.42 Å². The second kappa shape index (κ2) is 5.86. The van der Waals surface area contributed by atoms with Crippen molar-refractivity contribution in [2.45, 2.75) is 12.2 Å². The molecule has 0 radical (unpaired) electrons. The maximum Gasteiger partial charge on any atom is 0.154 e. The van der Waals surface area contributed by atoms with Gasteiger partial charge in [0.2, 0.25) is 0 Å². The Morgan fingerprint density at radius 2 is 2.12 bits per heavy atom. The molecule has 0 fully saturated rings. The zero-order valence-corrected chi connectivity index (χ0v) is 10.2. The Labute approximate surface area is 96.3 Å². The molecular weight excluding hydrogens is 226 g/mol. The van der Waals surface area contributed by atoms with E-state index in [1.807, 2.05) is 0 Å². The van der Waals surface area contributed by atoms with Gasteiger partial charge in [0.05, 0.1) is 11.5 Å². The van der Waals surface area contributed by atoms with Crippen LogP contribution in [0.5, 0.6) is 0 Å². The van der Waals surface area contributed by atoms with Crippen LogP contribution < -0.4 is 5.73 Å². The number of hydrogen-bond donors (Lipinski definition) is 1. The van der Waals surface area contributed by atoms with Gasteiger partial charge < -0.3 is 10.5 Å². The Morgan fingerprint density at radius 3 is 2.75 bits per heavy atom. The highest BCUT2D eigenvalue weighted by Gasteiger charge is 2.11. The Balaban J connectivity index is 2.59. The van der Waals surface area contributed by atoms with Crippen molar-refractivity contribution in [3.63, 3.8) is 0 Å². The highest BCUT2D eigenvalue weighted by molar-refractivity contribution is 7.90. The summed E-state index contributed by atoms with van der Waals surface area (Å²) in [6, 6.07) is 6.95. The molecule has 0 saturated heterocycles. The minimum Gasteiger partial charge on any atom is -0.399 e. The SMILES string of the molecule is COCCCS(=O)(=O)Cc1cccc(N)c1. The van der Waals surface area contributed by atoms with Crippen molar-refractivity contribution in [3.05, 3.63) is 29.8 Å². The summed E-state index contributed by atoms with van der Waals surface area (Å²) < 4.78 is 28.2. The van der Waals surface area contributed by atoms with Crippen molar-refractivity contribution >= 4 is 15.5 Å². The van der Waals surface area contributed by atoms with Crippen LogP contribution in [0.25, 0.3) is 0 Å². The molecule has 1 rings (SSSR count). The summed E-state index contributed by atoms with van der Waals surface area (Å²) in [5.41, 5.74) is 6.91. The molecule has 16 heavy (non-hydrogen) atoms. The summed E-state index contributed by atoms with van der Waals surface area (Å²) in [4.78, 5) is 0. The smallest absolute Gasteiger partial charge is 0.154 e. The molecule has 0 amide bonds. The van der Waals surface area contributed by atoms with Crippen molar-refractivity contribution in [2.24, 2.45) is 0 Å². The van der Waals surface area contributed by atoms with E-state index >= 15 is 0 Å². The fraction of sp³-hybridized carbons (Fsp3) is 0.455. The molecule has 0 atom stereocenters. The van der Waals surface area contributed by atoms with Gasteiger partial charge in [0, 0.05) is 19.4 Å². The van der Waals surface area contributed by atoms with Crippen molar-refractivity contribution in [1.82, 2.24) is 0 Å². The van der Waals surface area contributed by atoms with E-state index in [0.29, 0.717) is 18.7 Å². The van der Waals surface area contributed by atoms with Gasteiger partial charge in [0.15, 0.2) is 9.84 Å². The molecule has 0 aromatic heterocycles. The average Bonchev–Trinajstić information content (AvgIpc) is 2.17. The van der Waals surface area contributed by atoms with Crippen LogP contribution in [0, 0.1) is 0 Å². The third-order valence-corrected chi connectivity index (χ3v) is 3.83. The van der Waals surface area contributed by atoms with Crippen molar-refractivity contribution in [3.8, 4) is 0 Å². The Bertz CT molecular complexity index is 429. The van der Waals surface area contributed by atoms with E-state index in [2.05, 4.69) is 0 Å². The van der Waals surface area contributed by atoms with E-state index in [-0.39, 0.29) is 11.5 Å². The molecular formula is C11H17NO3S. The zero-order chi connectivity index (χ0) is 12.0. The minimum atomic E-state index is -3.06. The predicted molar refractivity (Wildman–Crippen MR) is 64.8 cm³/mol. The van der Waals surface area contributed by atoms with Crippen molar-refractivity contribution in [2.75, 3.05) is 25.2 Å². The topological polar surface area (TPSA) is 69.4 Å². The van der Waals surface area contributed by atoms with Gasteiger partial charge in [-0.05, 0) is 24.1 Å². The minimum absolute atomic E-state index is 0.0434. The van der Waals surface area contributed by atoms with E-state index in [0.717, 1.165) is 5.56 Å². The highest BCUT2D eigenvalue weighted by Crippen LogP contribution is 2.11. The van der Waals surface area contributed by atoms with Crippen molar-refractivity contribution in [1.29, 1.82) is 0 Å². The second-order valence-corrected chi connectivity index (χ2v) is 5.87. The fourth-order valence-electron chi connectivity index (χ4n) is 1.43. The lowest BCUT2D eigenvalue weighted by atomic mass is 10.2. The van der Waals surface area contributed by atoms with E-state index in [4.69, 9.17) is 10.5 Å². The van der Waals surface area contributed by atoms with Crippen LogP contribution in [0.2, 0.25) is 0 Å². The number of sulfone groups is 1. The molecule has 0 bridgehead atoms. The first-order chi connectivity index (χ1) is 7.53. The molecule has 4 nitrogen and oxygen atoms in total. The third kappa shape index (κ3) is 4.63. The first kappa shape index (κ1) is 13.0. The monoisotopic (exact) mass is 243 g/mol. The van der Waals surface area contributed by atoms with Gasteiger partial charge in [-0.25, -0.2) is 8.42 Å². The highest BCUT2D eigenvalue weighted by atomic mass is 32.2. The molecule has 0 spiro atoms. The van der Waals surface area contributed by atoms with Crippen LogP contribution in [0.1, 0.15) is 12.0 Å². The van der Waals surface area contributed by atoms with E-state index in [1.165, 1.54) is 0 Å². The number of nitrogens with two attached hydrogens (primary N) is 1. The molecule has 0 aliphatic carbocycles. The summed E-state index contributed by atoms with van der Waals surface area (Å²) >= 11 is 0. The zero-order valence-electron chi connectivity index (χ0n) is 9.35. The molecule has 2 N–H and O–H groups in total. The van der Waals surface area contributed by atoms with Gasteiger partial charge in [-0.3, -0.25) is 0 Å². The molecule has 90 valence electrons. The van der Waals surface area contributed by atoms with Crippen LogP contribution in [-0.2, 0) is 20.3 Å². The number of benzene rings is 1. The Kier molecular flexibility index (Phi) is 4.76. The lowest BCUT2D eigenvalue weighted by Gasteiger charge is -2.05. The second-order valence-electron chi connectivity index (χ2n) is 3.68. The Morgan fingerprint density at radius 1 is 1.38 bits per heavy atom. The largest absolute Gasteiger partial charge is 0.399 e. The molecule has 1 aromatic carbocycles.